The molecule has 2 aromatic carbocycles. The fraction of sp³-hybridized carbons (Fsp3) is 0.348. The third kappa shape index (κ3) is 5.68. The second-order valence-electron chi connectivity index (χ2n) is 7.77. The van der Waals surface area contributed by atoms with E-state index >= 15 is 0 Å². The molecule has 0 bridgehead atoms. The Balaban J connectivity index is 1.53. The Morgan fingerprint density at radius 2 is 2.03 bits per heavy atom. The van der Waals surface area contributed by atoms with E-state index in [4.69, 9.17) is 0 Å². The Morgan fingerprint density at radius 3 is 2.74 bits per heavy atom. The number of hydrogen-bond donors (Lipinski definition) is 2. The highest BCUT2D eigenvalue weighted by Crippen LogP contribution is 2.36. The van der Waals surface area contributed by atoms with Crippen LogP contribution in [0, 0.1) is 24.5 Å². The first-order valence-corrected chi connectivity index (χ1v) is 12.2. The Bertz CT molecular complexity index is 1020. The first-order chi connectivity index (χ1) is 15.0. The van der Waals surface area contributed by atoms with Crippen molar-refractivity contribution >= 4 is 46.2 Å². The molecule has 0 spiro atoms. The third-order valence-corrected chi connectivity index (χ3v) is 6.86. The van der Waals surface area contributed by atoms with Crippen LogP contribution in [0.4, 0.5) is 31.7 Å². The molecule has 0 radical (unpaired) electrons. The van der Waals surface area contributed by atoms with Crippen LogP contribution < -0.4 is 14.9 Å². The maximum Gasteiger partial charge on any atom is 0.147 e. The molecule has 4 nitrogen and oxygen atoms in total. The molecular weight excluding hydrogens is 434 g/mol. The van der Waals surface area contributed by atoms with E-state index in [2.05, 4.69) is 26.8 Å². The van der Waals surface area contributed by atoms with Crippen LogP contribution in [0.15, 0.2) is 46.1 Å². The fourth-order valence-corrected chi connectivity index (χ4v) is 4.73. The van der Waals surface area contributed by atoms with Crippen molar-refractivity contribution in [1.29, 1.82) is 0 Å². The van der Waals surface area contributed by atoms with Crippen LogP contribution in [-0.4, -0.2) is 18.1 Å². The number of nitrogens with one attached hydrogen (secondary N) is 2. The number of thiazole rings is 1. The zero-order valence-electron chi connectivity index (χ0n) is 17.6. The lowest BCUT2D eigenvalue weighted by molar-refractivity contribution is 0.602. The van der Waals surface area contributed by atoms with E-state index in [0.717, 1.165) is 42.4 Å². The summed E-state index contributed by atoms with van der Waals surface area (Å²) in [5.74, 6) is 0.910. The van der Waals surface area contributed by atoms with Gasteiger partial charge in [-0.1, -0.05) is 12.8 Å². The largest absolute Gasteiger partial charge is 0.370 e. The van der Waals surface area contributed by atoms with Gasteiger partial charge in [0, 0.05) is 24.2 Å². The molecule has 1 aliphatic carbocycles. The van der Waals surface area contributed by atoms with Crippen molar-refractivity contribution in [1.82, 2.24) is 4.98 Å². The Kier molecular flexibility index (Phi) is 6.97. The van der Waals surface area contributed by atoms with Gasteiger partial charge < -0.3 is 14.9 Å². The van der Waals surface area contributed by atoms with E-state index in [9.17, 15) is 8.78 Å². The number of halogens is 2. The lowest BCUT2D eigenvalue weighted by atomic mass is 10.1. The van der Waals surface area contributed by atoms with Gasteiger partial charge in [-0.15, -0.1) is 11.3 Å². The molecule has 1 heterocycles. The van der Waals surface area contributed by atoms with Crippen molar-refractivity contribution in [3.8, 4) is 0 Å². The molecule has 3 aromatic rings. The minimum Gasteiger partial charge on any atom is -0.370 e. The number of aryl methyl sites for hydroxylation is 1. The van der Waals surface area contributed by atoms with Crippen LogP contribution in [0.2, 0.25) is 0 Å². The van der Waals surface area contributed by atoms with Gasteiger partial charge in [0.05, 0.1) is 21.8 Å². The lowest BCUT2D eigenvalue weighted by Crippen LogP contribution is -2.25. The molecule has 1 aliphatic rings. The molecule has 0 saturated heterocycles. The first kappa shape index (κ1) is 21.9. The summed E-state index contributed by atoms with van der Waals surface area (Å²) in [6.45, 7) is 5.69. The summed E-state index contributed by atoms with van der Waals surface area (Å²) >= 11 is 2.68. The van der Waals surface area contributed by atoms with Crippen molar-refractivity contribution < 1.29 is 8.78 Å². The Hall–Kier alpha value is -2.32. The van der Waals surface area contributed by atoms with Crippen molar-refractivity contribution in [3.05, 3.63) is 58.4 Å². The van der Waals surface area contributed by atoms with Gasteiger partial charge in [0.2, 0.25) is 0 Å². The van der Waals surface area contributed by atoms with Crippen LogP contribution in [0.3, 0.4) is 0 Å². The van der Waals surface area contributed by atoms with Gasteiger partial charge in [-0.2, -0.15) is 0 Å². The maximum absolute atomic E-state index is 14.8. The second kappa shape index (κ2) is 9.87. The molecule has 4 rings (SSSR count). The van der Waals surface area contributed by atoms with E-state index in [1.165, 1.54) is 48.3 Å². The zero-order chi connectivity index (χ0) is 21.8. The highest BCUT2D eigenvalue weighted by atomic mass is 32.2. The third-order valence-electron chi connectivity index (χ3n) is 5.43. The quantitative estimate of drug-likeness (QED) is 0.313. The van der Waals surface area contributed by atoms with Gasteiger partial charge >= 0.3 is 0 Å². The monoisotopic (exact) mass is 460 g/mol. The minimum absolute atomic E-state index is 0.270. The van der Waals surface area contributed by atoms with Gasteiger partial charge in [0.25, 0.3) is 0 Å². The van der Waals surface area contributed by atoms with E-state index in [1.54, 1.807) is 23.7 Å². The molecule has 1 aromatic heterocycles. The summed E-state index contributed by atoms with van der Waals surface area (Å²) in [6, 6.07) is 8.03. The normalized spacial score (nSPS) is 13.3. The maximum atomic E-state index is 14.8. The topological polar surface area (TPSA) is 40.2 Å². The molecular formula is C23H26F2N4S2. The van der Waals surface area contributed by atoms with Gasteiger partial charge in [-0.3, -0.25) is 0 Å². The molecule has 0 unspecified atom stereocenters. The van der Waals surface area contributed by atoms with Crippen LogP contribution in [0.5, 0.6) is 0 Å². The molecule has 0 amide bonds. The van der Waals surface area contributed by atoms with E-state index < -0.39 is 0 Å². The zero-order valence-corrected chi connectivity index (χ0v) is 19.3. The molecule has 31 heavy (non-hydrogen) atoms. The Morgan fingerprint density at radius 1 is 1.19 bits per heavy atom. The number of hydrogen-bond acceptors (Lipinski definition) is 6. The number of benzene rings is 2. The fourth-order valence-electron chi connectivity index (χ4n) is 3.45. The van der Waals surface area contributed by atoms with Gasteiger partial charge in [0.1, 0.15) is 17.5 Å². The molecule has 8 heteroatoms. The Labute approximate surface area is 190 Å². The van der Waals surface area contributed by atoms with Crippen molar-refractivity contribution in [3.63, 3.8) is 0 Å². The highest BCUT2D eigenvalue weighted by Gasteiger charge is 2.22. The SMILES string of the molecule is CCN(CCC1CC1)c1cc(F)ccc1Nc1cc(F)c(SNc2cscn2)cc1C. The van der Waals surface area contributed by atoms with Crippen LogP contribution in [0.25, 0.3) is 0 Å². The molecule has 2 N–H and O–H groups in total. The highest BCUT2D eigenvalue weighted by molar-refractivity contribution is 8.00. The second-order valence-corrected chi connectivity index (χ2v) is 9.34. The predicted octanol–water partition coefficient (Wildman–Crippen LogP) is 7.22. The average molecular weight is 461 g/mol. The smallest absolute Gasteiger partial charge is 0.147 e. The number of rotatable bonds is 10. The molecule has 164 valence electrons. The van der Waals surface area contributed by atoms with Gasteiger partial charge in [-0.25, -0.2) is 13.8 Å². The van der Waals surface area contributed by atoms with Crippen molar-refractivity contribution in [2.24, 2.45) is 5.92 Å². The summed E-state index contributed by atoms with van der Waals surface area (Å²) in [5.41, 5.74) is 4.89. The van der Waals surface area contributed by atoms with Crippen molar-refractivity contribution in [2.75, 3.05) is 28.0 Å². The van der Waals surface area contributed by atoms with E-state index in [-0.39, 0.29) is 11.6 Å². The van der Waals surface area contributed by atoms with E-state index in [1.807, 2.05) is 12.3 Å². The first-order valence-electron chi connectivity index (χ1n) is 10.5. The minimum atomic E-state index is -0.328. The van der Waals surface area contributed by atoms with Crippen LogP contribution >= 0.6 is 23.3 Å². The molecule has 1 fully saturated rings. The van der Waals surface area contributed by atoms with E-state index in [0.29, 0.717) is 16.4 Å². The summed E-state index contributed by atoms with van der Waals surface area (Å²) in [5, 5.41) is 5.20. The van der Waals surface area contributed by atoms with Crippen LogP contribution in [-0.2, 0) is 0 Å². The summed E-state index contributed by atoms with van der Waals surface area (Å²) in [6.07, 6.45) is 3.72. The predicted molar refractivity (Wildman–Crippen MR) is 128 cm³/mol. The number of anilines is 4. The van der Waals surface area contributed by atoms with Gasteiger partial charge in [0.15, 0.2) is 0 Å². The van der Waals surface area contributed by atoms with Crippen molar-refractivity contribution in [2.45, 2.75) is 38.0 Å². The van der Waals surface area contributed by atoms with Crippen LogP contribution in [0.1, 0.15) is 31.7 Å². The van der Waals surface area contributed by atoms with Gasteiger partial charge in [-0.05, 0) is 74.0 Å². The molecule has 0 aliphatic heterocycles. The summed E-state index contributed by atoms with van der Waals surface area (Å²) < 4.78 is 31.9. The standard InChI is InChI=1S/C23H26F2N4S2/c1-3-29(9-8-16-4-5-16)21-11-17(24)6-7-19(21)27-20-12-18(25)22(10-15(20)2)31-28-23-13-30-14-26-23/h6-7,10-14,16,27-28H,3-5,8-9H2,1-2H3. The average Bonchev–Trinajstić information content (AvgIpc) is 3.44. The lowest BCUT2D eigenvalue weighted by Gasteiger charge is -2.26. The molecule has 1 saturated carbocycles. The molecule has 0 atom stereocenters. The summed E-state index contributed by atoms with van der Waals surface area (Å²) in [4.78, 5) is 6.83. The number of nitrogens with zero attached hydrogens (tertiary/aromatic N) is 2. The number of aromatic nitrogens is 1. The summed E-state index contributed by atoms with van der Waals surface area (Å²) in [7, 11) is 0.